The molecule has 0 spiro atoms. The van der Waals surface area contributed by atoms with Crippen molar-refractivity contribution < 1.29 is 19.4 Å². The van der Waals surface area contributed by atoms with Crippen LogP contribution in [0.15, 0.2) is 78.9 Å². The Morgan fingerprint density at radius 2 is 1.72 bits per heavy atom. The van der Waals surface area contributed by atoms with Crippen LogP contribution < -0.4 is 10.1 Å². The van der Waals surface area contributed by atoms with Gasteiger partial charge in [-0.15, -0.1) is 0 Å². The summed E-state index contributed by atoms with van der Waals surface area (Å²) in [5.74, 6) is -0.557. The minimum absolute atomic E-state index is 0.0790. The normalized spacial score (nSPS) is 10.8. The van der Waals surface area contributed by atoms with Crippen LogP contribution in [-0.2, 0) is 29.0 Å². The number of rotatable bonds is 10. The molecule has 0 bridgehead atoms. The molecule has 3 aromatic carbocycles. The Balaban J connectivity index is 1.62. The molecule has 0 fully saturated rings. The SMILES string of the molecule is Cc1ccccc1CCNC(=O)Cc1ccc(OCc2ccccc2)c(/C=C/C(=O)O)c1. The van der Waals surface area contributed by atoms with Crippen molar-refractivity contribution in [2.24, 2.45) is 0 Å². The van der Waals surface area contributed by atoms with Gasteiger partial charge in [0.25, 0.3) is 0 Å². The fourth-order valence-corrected chi connectivity index (χ4v) is 3.34. The zero-order valence-corrected chi connectivity index (χ0v) is 18.1. The second-order valence-corrected chi connectivity index (χ2v) is 7.52. The highest BCUT2D eigenvalue weighted by Crippen LogP contribution is 2.23. The topological polar surface area (TPSA) is 75.6 Å². The molecule has 0 aromatic heterocycles. The van der Waals surface area contributed by atoms with E-state index in [4.69, 9.17) is 9.84 Å². The van der Waals surface area contributed by atoms with Gasteiger partial charge in [0.1, 0.15) is 12.4 Å². The van der Waals surface area contributed by atoms with Gasteiger partial charge in [0, 0.05) is 18.2 Å². The van der Waals surface area contributed by atoms with Crippen LogP contribution in [-0.4, -0.2) is 23.5 Å². The number of hydrogen-bond acceptors (Lipinski definition) is 3. The molecule has 3 rings (SSSR count). The van der Waals surface area contributed by atoms with Crippen molar-refractivity contribution in [2.75, 3.05) is 6.54 Å². The molecule has 0 unspecified atom stereocenters. The van der Waals surface area contributed by atoms with Gasteiger partial charge in [-0.25, -0.2) is 4.79 Å². The van der Waals surface area contributed by atoms with Crippen LogP contribution in [0, 0.1) is 6.92 Å². The number of ether oxygens (including phenoxy) is 1. The maximum absolute atomic E-state index is 12.4. The van der Waals surface area contributed by atoms with E-state index in [1.54, 1.807) is 12.1 Å². The van der Waals surface area contributed by atoms with Crippen molar-refractivity contribution in [1.82, 2.24) is 5.32 Å². The lowest BCUT2D eigenvalue weighted by Gasteiger charge is -2.12. The molecule has 1 amide bonds. The van der Waals surface area contributed by atoms with Crippen molar-refractivity contribution in [3.63, 3.8) is 0 Å². The maximum Gasteiger partial charge on any atom is 0.328 e. The van der Waals surface area contributed by atoms with Gasteiger partial charge >= 0.3 is 5.97 Å². The number of carboxylic acids is 1. The highest BCUT2D eigenvalue weighted by atomic mass is 16.5. The fraction of sp³-hybridized carbons (Fsp3) is 0.185. The molecule has 0 aliphatic rings. The summed E-state index contributed by atoms with van der Waals surface area (Å²) in [6.07, 6.45) is 3.54. The van der Waals surface area contributed by atoms with Gasteiger partial charge < -0.3 is 15.2 Å². The van der Waals surface area contributed by atoms with E-state index in [-0.39, 0.29) is 12.3 Å². The lowest BCUT2D eigenvalue weighted by Crippen LogP contribution is -2.27. The monoisotopic (exact) mass is 429 g/mol. The summed E-state index contributed by atoms with van der Waals surface area (Å²) in [6.45, 7) is 2.99. The third-order valence-electron chi connectivity index (χ3n) is 5.06. The Morgan fingerprint density at radius 3 is 2.47 bits per heavy atom. The van der Waals surface area contributed by atoms with Gasteiger partial charge in [0.05, 0.1) is 6.42 Å². The molecule has 3 aromatic rings. The molecule has 0 aliphatic heterocycles. The van der Waals surface area contributed by atoms with Crippen LogP contribution in [0.4, 0.5) is 0 Å². The Labute approximate surface area is 188 Å². The number of carbonyl (C=O) groups excluding carboxylic acids is 1. The second kappa shape index (κ2) is 11.5. The summed E-state index contributed by atoms with van der Waals surface area (Å²) in [6, 6.07) is 23.3. The van der Waals surface area contributed by atoms with E-state index in [1.807, 2.05) is 48.5 Å². The minimum atomic E-state index is -1.04. The van der Waals surface area contributed by atoms with Gasteiger partial charge in [0.15, 0.2) is 0 Å². The first-order valence-corrected chi connectivity index (χ1v) is 10.5. The summed E-state index contributed by atoms with van der Waals surface area (Å²) >= 11 is 0. The summed E-state index contributed by atoms with van der Waals surface area (Å²) in [5.41, 5.74) is 4.85. The van der Waals surface area contributed by atoms with E-state index < -0.39 is 5.97 Å². The van der Waals surface area contributed by atoms with E-state index in [0.717, 1.165) is 23.6 Å². The number of amides is 1. The third kappa shape index (κ3) is 7.13. The molecule has 0 aliphatic carbocycles. The van der Waals surface area contributed by atoms with Gasteiger partial charge in [-0.1, -0.05) is 60.7 Å². The lowest BCUT2D eigenvalue weighted by molar-refractivity contribution is -0.131. The van der Waals surface area contributed by atoms with Gasteiger partial charge in [-0.05, 0) is 53.8 Å². The molecule has 0 heterocycles. The first kappa shape index (κ1) is 22.8. The quantitative estimate of drug-likeness (QED) is 0.463. The Kier molecular flexibility index (Phi) is 8.21. The zero-order chi connectivity index (χ0) is 22.8. The molecule has 0 saturated carbocycles. The zero-order valence-electron chi connectivity index (χ0n) is 18.1. The largest absolute Gasteiger partial charge is 0.488 e. The Morgan fingerprint density at radius 1 is 0.969 bits per heavy atom. The van der Waals surface area contributed by atoms with Crippen molar-refractivity contribution in [2.45, 2.75) is 26.4 Å². The van der Waals surface area contributed by atoms with Crippen LogP contribution in [0.5, 0.6) is 5.75 Å². The summed E-state index contributed by atoms with van der Waals surface area (Å²) in [7, 11) is 0. The molecular weight excluding hydrogens is 402 g/mol. The molecular formula is C27H27NO4. The number of carbonyl (C=O) groups is 2. The predicted molar refractivity (Wildman–Crippen MR) is 125 cm³/mol. The summed E-state index contributed by atoms with van der Waals surface area (Å²) in [5, 5.41) is 12.0. The van der Waals surface area contributed by atoms with E-state index in [1.165, 1.54) is 17.2 Å². The van der Waals surface area contributed by atoms with Crippen LogP contribution in [0.25, 0.3) is 6.08 Å². The summed E-state index contributed by atoms with van der Waals surface area (Å²) < 4.78 is 5.90. The number of aryl methyl sites for hydroxylation is 1. The second-order valence-electron chi connectivity index (χ2n) is 7.52. The lowest BCUT2D eigenvalue weighted by atomic mass is 10.0. The van der Waals surface area contributed by atoms with Gasteiger partial charge in [0.2, 0.25) is 5.91 Å². The van der Waals surface area contributed by atoms with Crippen molar-refractivity contribution in [3.05, 3.63) is 107 Å². The van der Waals surface area contributed by atoms with Crippen LogP contribution in [0.3, 0.4) is 0 Å². The molecule has 0 atom stereocenters. The summed E-state index contributed by atoms with van der Waals surface area (Å²) in [4.78, 5) is 23.4. The Hall–Kier alpha value is -3.86. The molecule has 2 N–H and O–H groups in total. The molecule has 0 saturated heterocycles. The smallest absolute Gasteiger partial charge is 0.328 e. The Bertz CT molecular complexity index is 1090. The number of aliphatic carboxylic acids is 1. The number of hydrogen-bond donors (Lipinski definition) is 2. The predicted octanol–water partition coefficient (Wildman–Crippen LogP) is 4.57. The average molecular weight is 430 g/mol. The van der Waals surface area contributed by atoms with Crippen LogP contribution >= 0.6 is 0 Å². The van der Waals surface area contributed by atoms with Crippen LogP contribution in [0.2, 0.25) is 0 Å². The van der Waals surface area contributed by atoms with Gasteiger partial charge in [-0.3, -0.25) is 4.79 Å². The number of benzene rings is 3. The molecule has 0 radical (unpaired) electrons. The number of nitrogens with one attached hydrogen (secondary N) is 1. The maximum atomic E-state index is 12.4. The van der Waals surface area contributed by atoms with Crippen molar-refractivity contribution >= 4 is 18.0 Å². The molecule has 32 heavy (non-hydrogen) atoms. The standard InChI is InChI=1S/C27H27NO4/c1-20-7-5-6-10-23(20)15-16-28-26(29)18-22-11-13-25(24(17-22)12-14-27(30)31)32-19-21-8-3-2-4-9-21/h2-14,17H,15-16,18-19H2,1H3,(H,28,29)(H,30,31)/b14-12+. The van der Waals surface area contributed by atoms with E-state index in [2.05, 4.69) is 24.4 Å². The van der Waals surface area contributed by atoms with Gasteiger partial charge in [-0.2, -0.15) is 0 Å². The molecule has 5 heteroatoms. The van der Waals surface area contributed by atoms with Crippen molar-refractivity contribution in [1.29, 1.82) is 0 Å². The number of carboxylic acid groups (broad SMARTS) is 1. The van der Waals surface area contributed by atoms with Crippen molar-refractivity contribution in [3.8, 4) is 5.75 Å². The van der Waals surface area contributed by atoms with Crippen LogP contribution in [0.1, 0.15) is 27.8 Å². The first-order chi connectivity index (χ1) is 15.5. The highest BCUT2D eigenvalue weighted by molar-refractivity contribution is 5.86. The fourth-order valence-electron chi connectivity index (χ4n) is 3.34. The average Bonchev–Trinajstić information content (AvgIpc) is 2.79. The van der Waals surface area contributed by atoms with E-state index in [0.29, 0.717) is 24.5 Å². The molecule has 5 nitrogen and oxygen atoms in total. The van der Waals surface area contributed by atoms with E-state index in [9.17, 15) is 9.59 Å². The minimum Gasteiger partial charge on any atom is -0.488 e. The highest BCUT2D eigenvalue weighted by Gasteiger charge is 2.08. The van der Waals surface area contributed by atoms with E-state index >= 15 is 0 Å². The first-order valence-electron chi connectivity index (χ1n) is 10.5. The molecule has 164 valence electrons. The third-order valence-corrected chi connectivity index (χ3v) is 5.06.